The van der Waals surface area contributed by atoms with E-state index in [9.17, 15) is 43.9 Å². The van der Waals surface area contributed by atoms with Gasteiger partial charge in [0.15, 0.2) is 0 Å². The van der Waals surface area contributed by atoms with Gasteiger partial charge in [-0.1, -0.05) is 343 Å². The zero-order valence-electron chi connectivity index (χ0n) is 82.9. The first-order valence-corrected chi connectivity index (χ1v) is 47.8. The number of nitrogens with zero attached hydrogens (tertiary/aromatic N) is 3. The second kappa shape index (κ2) is 63.2. The van der Waals surface area contributed by atoms with Gasteiger partial charge < -0.3 is 0 Å². The summed E-state index contributed by atoms with van der Waals surface area (Å²) in [5.74, 6) is -0.162. The van der Waals surface area contributed by atoms with Crippen molar-refractivity contribution in [2.75, 3.05) is 0 Å². The molecule has 134 heavy (non-hydrogen) atoms. The fraction of sp³-hybridized carbons (Fsp3) is 0.372. The van der Waals surface area contributed by atoms with Crippen molar-refractivity contribution in [2.24, 2.45) is 5.92 Å². The highest BCUT2D eigenvalue weighted by Crippen LogP contribution is 2.31. The molecule has 2 heterocycles. The molecule has 0 atom stereocenters. The van der Waals surface area contributed by atoms with E-state index in [2.05, 4.69) is 149 Å². The highest BCUT2D eigenvalue weighted by atomic mass is 35.5. The van der Waals surface area contributed by atoms with Crippen LogP contribution in [0.2, 0.25) is 40.2 Å². The molecule has 0 spiro atoms. The van der Waals surface area contributed by atoms with E-state index < -0.39 is 51.4 Å². The standard InChI is InChI=1S/C10H12Cl2.C10H13Cl.C10H9F2N.C10H12F2.C10H13F.C10H14.C9H10Cl2.C9H9ClF2.C9H10ClF.C9H11Cl.C9H12FN.C8H10FN/c1-7(2)5-8-3-4-9(11)10(12)6-8;1-7(2)9-5-4-8(3)10(11)6-9;1-6(2)7-3-9(11)8(5-13)10(12)4-7;1-6(2)8-4-9(11)7(3)10(12)5-8;1-7(2)9-5-4-8(3)10(11)6-9;1-8(2)10-6-4-9(3)5-7-10;1-6(2)7-3-4-8(10)9(11)5-7;1-5(2)6-3-7(11)9(10)8(12)4-6;1-6(2)7-3-4-8(10)9(11)5-7;1-7(2)8-3-5-9(10)6-4-8;1-6(2)8-4-9(10)7(3)11-5-8;1-6(2)7-3-4-10-8(9)5-7/h3-4,6-7H,5H2,1-2H3;4-7H,1-3H3;3-4,6H,1-2H3;4-6H,1-3H3;4-7H,1-3H3;4-8H,1-3H3;3-6H,1-2H3;3-5H,1-2H3;3-6H,1-2H3;3-7H,1-2H3;4-6H,1-3H3;3-6H,1-2H3. The van der Waals surface area contributed by atoms with E-state index in [1.165, 1.54) is 101 Å². The van der Waals surface area contributed by atoms with Gasteiger partial charge in [0.1, 0.15) is 69.0 Å². The molecule has 12 rings (SSSR count). The molecule has 0 bridgehead atoms. The zero-order chi connectivity index (χ0) is 103. The Hall–Kier alpha value is -8.39. The first-order chi connectivity index (χ1) is 62.3. The third-order valence-corrected chi connectivity index (χ3v) is 23.3. The molecule has 0 fully saturated rings. The van der Waals surface area contributed by atoms with Crippen molar-refractivity contribution < 1.29 is 43.9 Å². The number of halogens is 18. The number of benzene rings is 10. The van der Waals surface area contributed by atoms with Crippen LogP contribution in [0.5, 0.6) is 0 Å². The third-order valence-electron chi connectivity index (χ3n) is 20.5. The van der Waals surface area contributed by atoms with E-state index in [0.717, 1.165) is 49.8 Å². The van der Waals surface area contributed by atoms with Crippen molar-refractivity contribution >= 4 is 92.8 Å². The largest absolute Gasteiger partial charge is 0.258 e. The Kier molecular flexibility index (Phi) is 58.3. The third kappa shape index (κ3) is 47.6. The van der Waals surface area contributed by atoms with Crippen molar-refractivity contribution in [2.45, 2.75) is 272 Å². The molecule has 0 saturated heterocycles. The van der Waals surface area contributed by atoms with E-state index >= 15 is 0 Å². The van der Waals surface area contributed by atoms with Gasteiger partial charge in [0.05, 0.1) is 30.8 Å². The van der Waals surface area contributed by atoms with E-state index in [1.54, 1.807) is 38.2 Å². The molecular weight excluding hydrogens is 1870 g/mol. The Labute approximate surface area is 835 Å². The number of nitriles is 1. The predicted molar refractivity (Wildman–Crippen MR) is 554 cm³/mol. The highest BCUT2D eigenvalue weighted by molar-refractivity contribution is 6.42. The maximum absolute atomic E-state index is 13.0. The predicted octanol–water partition coefficient (Wildman–Crippen LogP) is 40.6. The first kappa shape index (κ1) is 124. The molecule has 0 unspecified atom stereocenters. The fourth-order valence-electron chi connectivity index (χ4n) is 11.2. The number of aryl methyl sites for hydroxylation is 4. The molecule has 12 aromatic rings. The molecule has 0 N–H and O–H groups in total. The lowest BCUT2D eigenvalue weighted by Crippen LogP contribution is -1.95. The van der Waals surface area contributed by atoms with Crippen LogP contribution in [0.3, 0.4) is 0 Å². The molecule has 0 radical (unpaired) electrons. The summed E-state index contributed by atoms with van der Waals surface area (Å²) in [4.78, 5) is 7.38. The Morgan fingerprint density at radius 3 is 0.940 bits per heavy atom. The first-order valence-electron chi connectivity index (χ1n) is 44.7. The summed E-state index contributed by atoms with van der Waals surface area (Å²) in [5.41, 5.74) is 15.7. The minimum absolute atomic E-state index is 0.0525. The summed E-state index contributed by atoms with van der Waals surface area (Å²) in [7, 11) is 0. The molecule has 0 aliphatic carbocycles. The SMILES string of the molecule is CC(C)Cc1ccc(Cl)c(Cl)c1.CC(C)c1cc(F)c(C#N)c(F)c1.CC(C)c1cc(F)c(Cl)c(F)c1.CC(C)c1ccc(Cl)c(Cl)c1.CC(C)c1ccc(Cl)c(F)c1.CC(C)c1ccc(Cl)cc1.CC(C)c1ccnc(F)c1.Cc1c(F)cc(C(C)C)cc1F.Cc1ccc(C(C)C)cc1.Cc1ccc(C(C)C)cc1Cl.Cc1ccc(C(C)C)cc1F.Cc1ncc(C(C)C)cc1F. The topological polar surface area (TPSA) is 49.6 Å². The average Bonchev–Trinajstić information content (AvgIpc) is 0.842. The van der Waals surface area contributed by atoms with Crippen LogP contribution in [0.4, 0.5) is 43.9 Å². The van der Waals surface area contributed by atoms with E-state index in [4.69, 9.17) is 98.1 Å². The van der Waals surface area contributed by atoms with Crippen molar-refractivity contribution in [3.8, 4) is 6.07 Å². The van der Waals surface area contributed by atoms with Crippen molar-refractivity contribution in [1.29, 1.82) is 5.26 Å². The summed E-state index contributed by atoms with van der Waals surface area (Å²) in [6.45, 7) is 58.2. The van der Waals surface area contributed by atoms with Crippen LogP contribution in [0.1, 0.15) is 332 Å². The Bertz CT molecular complexity index is 5050. The fourth-order valence-corrected chi connectivity index (χ4v) is 12.3. The molecule has 0 aliphatic heterocycles. The summed E-state index contributed by atoms with van der Waals surface area (Å²) in [5, 5.41) is 12.4. The van der Waals surface area contributed by atoms with Gasteiger partial charge in [-0.25, -0.2) is 44.5 Å². The quantitative estimate of drug-likeness (QED) is 0.0657. The van der Waals surface area contributed by atoms with Gasteiger partial charge in [0.25, 0.3) is 0 Å². The van der Waals surface area contributed by atoms with Crippen LogP contribution >= 0.6 is 92.8 Å². The van der Waals surface area contributed by atoms with E-state index in [1.807, 2.05) is 169 Å². The van der Waals surface area contributed by atoms with Crippen LogP contribution in [0.15, 0.2) is 207 Å². The molecule has 0 saturated carbocycles. The maximum atomic E-state index is 13.0. The summed E-state index contributed by atoms with van der Waals surface area (Å²) in [6, 6.07) is 58.8. The van der Waals surface area contributed by atoms with Crippen molar-refractivity contribution in [3.05, 3.63) is 405 Å². The van der Waals surface area contributed by atoms with Gasteiger partial charge in [-0.2, -0.15) is 9.65 Å². The Balaban J connectivity index is 0.000000731. The normalized spacial score (nSPS) is 10.6. The monoisotopic (exact) mass is 2000 g/mol. The molecular formula is C113H135Cl8F10N3. The van der Waals surface area contributed by atoms with E-state index in [0.29, 0.717) is 95.7 Å². The van der Waals surface area contributed by atoms with Crippen LogP contribution in [-0.4, -0.2) is 9.97 Å². The minimum Gasteiger partial charge on any atom is -0.258 e. The molecule has 0 aliphatic rings. The molecule has 21 heteroatoms. The second-order valence-electron chi connectivity index (χ2n) is 36.0. The highest BCUT2D eigenvalue weighted by Gasteiger charge is 2.16. The smallest absolute Gasteiger partial charge is 0.213 e. The number of hydrogen-bond donors (Lipinski definition) is 0. The van der Waals surface area contributed by atoms with Gasteiger partial charge in [0, 0.05) is 28.0 Å². The molecule has 0 amide bonds. The van der Waals surface area contributed by atoms with Gasteiger partial charge in [-0.3, -0.25) is 4.98 Å². The van der Waals surface area contributed by atoms with Crippen molar-refractivity contribution in [3.63, 3.8) is 0 Å². The Morgan fingerprint density at radius 1 is 0.269 bits per heavy atom. The van der Waals surface area contributed by atoms with Gasteiger partial charge in [0.2, 0.25) is 5.95 Å². The van der Waals surface area contributed by atoms with Crippen molar-refractivity contribution in [1.82, 2.24) is 9.97 Å². The van der Waals surface area contributed by atoms with Crippen LogP contribution in [0.25, 0.3) is 0 Å². The van der Waals surface area contributed by atoms with Gasteiger partial charge >= 0.3 is 0 Å². The summed E-state index contributed by atoms with van der Waals surface area (Å²) < 4.78 is 129. The number of pyridine rings is 2. The lowest BCUT2D eigenvalue weighted by Gasteiger charge is -2.07. The lowest BCUT2D eigenvalue weighted by molar-refractivity contribution is 0.562. The van der Waals surface area contributed by atoms with Crippen LogP contribution in [-0.2, 0) is 6.42 Å². The Morgan fingerprint density at radius 2 is 0.590 bits per heavy atom. The van der Waals surface area contributed by atoms with Gasteiger partial charge in [-0.05, 0) is 305 Å². The minimum atomic E-state index is -0.786. The van der Waals surface area contributed by atoms with Gasteiger partial charge in [-0.15, -0.1) is 0 Å². The number of aromatic nitrogens is 2. The maximum Gasteiger partial charge on any atom is 0.213 e. The average molecular weight is 2010 g/mol. The summed E-state index contributed by atoms with van der Waals surface area (Å²) >= 11 is 45.7. The molecule has 10 aromatic carbocycles. The molecule has 3 nitrogen and oxygen atoms in total. The zero-order valence-corrected chi connectivity index (χ0v) is 89.0. The van der Waals surface area contributed by atoms with E-state index in [-0.39, 0.29) is 45.8 Å². The molecule has 2 aromatic heterocycles. The molecule has 728 valence electrons. The number of hydrogen-bond acceptors (Lipinski definition) is 3. The van der Waals surface area contributed by atoms with Crippen LogP contribution < -0.4 is 0 Å². The second-order valence-corrected chi connectivity index (χ2v) is 39.3. The number of rotatable bonds is 13. The van der Waals surface area contributed by atoms with Crippen LogP contribution in [0, 0.1) is 110 Å². The summed E-state index contributed by atoms with van der Waals surface area (Å²) in [6.07, 6.45) is 4.27. The lowest BCUT2D eigenvalue weighted by atomic mass is 10.0.